The van der Waals surface area contributed by atoms with Gasteiger partial charge >= 0.3 is 0 Å². The molecule has 19 heavy (non-hydrogen) atoms. The van der Waals surface area contributed by atoms with E-state index < -0.39 is 0 Å². The Morgan fingerprint density at radius 1 is 1.21 bits per heavy atom. The largest absolute Gasteiger partial charge is 0.496 e. The fourth-order valence-corrected chi connectivity index (χ4v) is 2.27. The van der Waals surface area contributed by atoms with E-state index >= 15 is 0 Å². The van der Waals surface area contributed by atoms with Crippen LogP contribution in [0.3, 0.4) is 0 Å². The highest BCUT2D eigenvalue weighted by atomic mass is 16.5. The maximum Gasteiger partial charge on any atom is 0.123 e. The van der Waals surface area contributed by atoms with Crippen molar-refractivity contribution in [3.05, 3.63) is 29.3 Å². The maximum atomic E-state index is 5.86. The average Bonchev–Trinajstić information content (AvgIpc) is 2.38. The van der Waals surface area contributed by atoms with Crippen LogP contribution in [0.4, 0.5) is 0 Å². The second-order valence-electron chi connectivity index (χ2n) is 5.55. The van der Waals surface area contributed by atoms with Crippen molar-refractivity contribution in [3.63, 3.8) is 0 Å². The van der Waals surface area contributed by atoms with Crippen LogP contribution in [0.2, 0.25) is 0 Å². The molecule has 0 spiro atoms. The molecule has 0 radical (unpaired) electrons. The monoisotopic (exact) mass is 264 g/mol. The van der Waals surface area contributed by atoms with Gasteiger partial charge in [0.05, 0.1) is 7.11 Å². The van der Waals surface area contributed by atoms with Crippen LogP contribution in [0.1, 0.15) is 56.7 Å². The van der Waals surface area contributed by atoms with Gasteiger partial charge < -0.3 is 15.8 Å². The highest BCUT2D eigenvalue weighted by molar-refractivity contribution is 5.40. The van der Waals surface area contributed by atoms with Crippen molar-refractivity contribution < 1.29 is 4.74 Å². The molecule has 0 amide bonds. The number of nitrogens with two attached hydrogens (primary N) is 1. The molecule has 0 aliphatic rings. The van der Waals surface area contributed by atoms with E-state index in [2.05, 4.69) is 44.3 Å². The third kappa shape index (κ3) is 4.51. The van der Waals surface area contributed by atoms with Gasteiger partial charge in [0.15, 0.2) is 0 Å². The summed E-state index contributed by atoms with van der Waals surface area (Å²) in [4.78, 5) is 0. The van der Waals surface area contributed by atoms with Crippen LogP contribution in [0, 0.1) is 0 Å². The summed E-state index contributed by atoms with van der Waals surface area (Å²) >= 11 is 0. The topological polar surface area (TPSA) is 47.3 Å². The molecular weight excluding hydrogens is 236 g/mol. The SMILES string of the molecule is CNC(CCC(C)N)c1cc(C(C)C)ccc1OC. The van der Waals surface area contributed by atoms with E-state index in [0.29, 0.717) is 12.0 Å². The first kappa shape index (κ1) is 16.0. The summed E-state index contributed by atoms with van der Waals surface area (Å²) in [6.07, 6.45) is 2.02. The van der Waals surface area contributed by atoms with E-state index in [4.69, 9.17) is 10.5 Å². The van der Waals surface area contributed by atoms with E-state index in [1.807, 2.05) is 7.05 Å². The quantitative estimate of drug-likeness (QED) is 0.795. The molecule has 1 rings (SSSR count). The Kier molecular flexibility index (Phi) is 6.32. The Morgan fingerprint density at radius 2 is 1.89 bits per heavy atom. The second kappa shape index (κ2) is 7.51. The van der Waals surface area contributed by atoms with E-state index in [1.54, 1.807) is 7.11 Å². The van der Waals surface area contributed by atoms with Crippen molar-refractivity contribution in [2.75, 3.05) is 14.2 Å². The van der Waals surface area contributed by atoms with Gasteiger partial charge in [-0.3, -0.25) is 0 Å². The van der Waals surface area contributed by atoms with Crippen molar-refractivity contribution in [3.8, 4) is 5.75 Å². The Hall–Kier alpha value is -1.06. The fraction of sp³-hybridized carbons (Fsp3) is 0.625. The lowest BCUT2D eigenvalue weighted by Crippen LogP contribution is -2.22. The van der Waals surface area contributed by atoms with Crippen molar-refractivity contribution in [2.45, 2.75) is 51.6 Å². The Bertz CT molecular complexity index is 388. The van der Waals surface area contributed by atoms with Crippen molar-refractivity contribution in [1.29, 1.82) is 0 Å². The van der Waals surface area contributed by atoms with Crippen LogP contribution in [0.5, 0.6) is 5.75 Å². The molecule has 1 aromatic rings. The molecule has 0 fully saturated rings. The number of benzene rings is 1. The Morgan fingerprint density at radius 3 is 2.37 bits per heavy atom. The van der Waals surface area contributed by atoms with Gasteiger partial charge in [0.25, 0.3) is 0 Å². The van der Waals surface area contributed by atoms with Gasteiger partial charge in [-0.2, -0.15) is 0 Å². The van der Waals surface area contributed by atoms with Crippen LogP contribution >= 0.6 is 0 Å². The molecule has 0 bridgehead atoms. The molecule has 2 atom stereocenters. The molecule has 0 aliphatic carbocycles. The zero-order chi connectivity index (χ0) is 14.4. The normalized spacial score (nSPS) is 14.5. The lowest BCUT2D eigenvalue weighted by molar-refractivity contribution is 0.395. The van der Waals surface area contributed by atoms with Gasteiger partial charge in [-0.15, -0.1) is 0 Å². The van der Waals surface area contributed by atoms with Gasteiger partial charge in [0.1, 0.15) is 5.75 Å². The minimum atomic E-state index is 0.232. The molecular formula is C16H28N2O. The molecule has 1 aromatic carbocycles. The average molecular weight is 264 g/mol. The minimum absolute atomic E-state index is 0.232. The summed E-state index contributed by atoms with van der Waals surface area (Å²) in [5.74, 6) is 1.48. The maximum absolute atomic E-state index is 5.86. The number of methoxy groups -OCH3 is 1. The summed E-state index contributed by atoms with van der Waals surface area (Å²) in [5, 5.41) is 3.38. The zero-order valence-electron chi connectivity index (χ0n) is 12.9. The Balaban J connectivity index is 3.01. The molecule has 0 saturated carbocycles. The zero-order valence-corrected chi connectivity index (χ0v) is 12.9. The molecule has 0 aliphatic heterocycles. The number of hydrogen-bond acceptors (Lipinski definition) is 3. The van der Waals surface area contributed by atoms with Crippen molar-refractivity contribution in [1.82, 2.24) is 5.32 Å². The van der Waals surface area contributed by atoms with Crippen molar-refractivity contribution in [2.24, 2.45) is 5.73 Å². The predicted octanol–water partition coefficient (Wildman–Crippen LogP) is 3.21. The first-order valence-electron chi connectivity index (χ1n) is 7.10. The third-order valence-electron chi connectivity index (χ3n) is 3.55. The first-order valence-corrected chi connectivity index (χ1v) is 7.10. The van der Waals surface area contributed by atoms with Crippen LogP contribution in [0.25, 0.3) is 0 Å². The highest BCUT2D eigenvalue weighted by Gasteiger charge is 2.16. The smallest absolute Gasteiger partial charge is 0.123 e. The number of rotatable bonds is 7. The van der Waals surface area contributed by atoms with Crippen LogP contribution < -0.4 is 15.8 Å². The summed E-state index contributed by atoms with van der Waals surface area (Å²) in [6, 6.07) is 6.99. The first-order chi connectivity index (χ1) is 8.99. The van der Waals surface area contributed by atoms with Crippen molar-refractivity contribution >= 4 is 0 Å². The summed E-state index contributed by atoms with van der Waals surface area (Å²) in [5.41, 5.74) is 8.44. The van der Waals surface area contributed by atoms with Crippen LogP contribution in [-0.2, 0) is 0 Å². The van der Waals surface area contributed by atoms with Crippen LogP contribution in [0.15, 0.2) is 18.2 Å². The lowest BCUT2D eigenvalue weighted by Gasteiger charge is -2.22. The molecule has 0 saturated heterocycles. The molecule has 3 N–H and O–H groups in total. The van der Waals surface area contributed by atoms with Gasteiger partial charge in [-0.25, -0.2) is 0 Å². The molecule has 0 aromatic heterocycles. The van der Waals surface area contributed by atoms with Crippen LogP contribution in [-0.4, -0.2) is 20.2 Å². The van der Waals surface area contributed by atoms with E-state index in [1.165, 1.54) is 11.1 Å². The van der Waals surface area contributed by atoms with Gasteiger partial charge in [-0.1, -0.05) is 26.0 Å². The summed E-state index contributed by atoms with van der Waals surface area (Å²) in [6.45, 7) is 6.47. The highest BCUT2D eigenvalue weighted by Crippen LogP contribution is 2.31. The second-order valence-corrected chi connectivity index (χ2v) is 5.55. The number of nitrogens with one attached hydrogen (secondary N) is 1. The summed E-state index contributed by atoms with van der Waals surface area (Å²) < 4.78 is 5.50. The third-order valence-corrected chi connectivity index (χ3v) is 3.55. The minimum Gasteiger partial charge on any atom is -0.496 e. The molecule has 0 heterocycles. The van der Waals surface area contributed by atoms with Gasteiger partial charge in [-0.05, 0) is 44.4 Å². The number of ether oxygens (including phenoxy) is 1. The standard InChI is InChI=1S/C16H28N2O/c1-11(2)13-7-9-16(19-5)14(10-13)15(18-4)8-6-12(3)17/h7,9-12,15,18H,6,8,17H2,1-5H3. The molecule has 2 unspecified atom stereocenters. The molecule has 3 nitrogen and oxygen atoms in total. The fourth-order valence-electron chi connectivity index (χ4n) is 2.27. The van der Waals surface area contributed by atoms with E-state index in [-0.39, 0.29) is 6.04 Å². The predicted molar refractivity (Wildman–Crippen MR) is 81.8 cm³/mol. The Labute approximate surface area is 117 Å². The van der Waals surface area contributed by atoms with E-state index in [9.17, 15) is 0 Å². The molecule has 108 valence electrons. The van der Waals surface area contributed by atoms with Gasteiger partial charge in [0, 0.05) is 17.6 Å². The van der Waals surface area contributed by atoms with Gasteiger partial charge in [0.2, 0.25) is 0 Å². The lowest BCUT2D eigenvalue weighted by atomic mass is 9.94. The molecule has 3 heteroatoms. The number of hydrogen-bond donors (Lipinski definition) is 2. The summed E-state index contributed by atoms with van der Waals surface area (Å²) in [7, 11) is 3.72. The van der Waals surface area contributed by atoms with E-state index in [0.717, 1.165) is 18.6 Å².